The summed E-state index contributed by atoms with van der Waals surface area (Å²) in [5.41, 5.74) is 1.41. The maximum Gasteiger partial charge on any atom is 0.303 e. The molecular formula is C24H32O4S. The highest BCUT2D eigenvalue weighted by molar-refractivity contribution is 7.98. The first-order valence-corrected chi connectivity index (χ1v) is 12.2. The van der Waals surface area contributed by atoms with Crippen LogP contribution in [0.25, 0.3) is 0 Å². The molecule has 3 aliphatic rings. The Morgan fingerprint density at radius 2 is 1.72 bits per heavy atom. The van der Waals surface area contributed by atoms with E-state index in [2.05, 4.69) is 42.5 Å². The van der Waals surface area contributed by atoms with Crippen LogP contribution in [-0.4, -0.2) is 41.2 Å². The number of carboxylic acid groups (broad SMARTS) is 1. The van der Waals surface area contributed by atoms with Crippen molar-refractivity contribution in [3.05, 3.63) is 48.0 Å². The Morgan fingerprint density at radius 3 is 2.52 bits per heavy atom. The van der Waals surface area contributed by atoms with Gasteiger partial charge in [0.15, 0.2) is 0 Å². The average Bonchev–Trinajstić information content (AvgIpc) is 3.35. The van der Waals surface area contributed by atoms with Gasteiger partial charge in [-0.2, -0.15) is 11.8 Å². The highest BCUT2D eigenvalue weighted by Crippen LogP contribution is 2.56. The third kappa shape index (κ3) is 5.44. The van der Waals surface area contributed by atoms with Gasteiger partial charge in [0.25, 0.3) is 0 Å². The Bertz CT molecular complexity index is 691. The van der Waals surface area contributed by atoms with Crippen LogP contribution in [0.4, 0.5) is 0 Å². The second-order valence-corrected chi connectivity index (χ2v) is 9.59. The van der Waals surface area contributed by atoms with Crippen molar-refractivity contribution in [1.29, 1.82) is 0 Å². The number of aliphatic carboxylic acids is 1. The number of epoxide rings is 1. The Morgan fingerprint density at radius 1 is 0.966 bits per heavy atom. The molecule has 29 heavy (non-hydrogen) atoms. The highest BCUT2D eigenvalue weighted by atomic mass is 32.2. The molecule has 0 spiro atoms. The van der Waals surface area contributed by atoms with Crippen molar-refractivity contribution < 1.29 is 19.4 Å². The van der Waals surface area contributed by atoms with Gasteiger partial charge in [0.05, 0.1) is 12.2 Å². The minimum Gasteiger partial charge on any atom is -0.481 e. The number of benzene rings is 1. The second kappa shape index (κ2) is 10.1. The molecule has 4 rings (SSSR count). The standard InChI is InChI=1S/C24H32O4S/c25-20(26)14-7-2-1-6-12-18-19(22-24-23(28-24)21(18)27-22)13-8-9-15-29-16-17-10-4-3-5-11-17/h1,3-6,10-11,18-19,21-24H,2,7-9,12-16H2,(H,25,26)/t18-,19+,21+,22-,23-,24+/m0/s1. The summed E-state index contributed by atoms with van der Waals surface area (Å²) >= 11 is 2.03. The minimum absolute atomic E-state index is 0.254. The summed E-state index contributed by atoms with van der Waals surface area (Å²) in [5.74, 6) is 2.79. The summed E-state index contributed by atoms with van der Waals surface area (Å²) in [4.78, 5) is 10.6. The van der Waals surface area contributed by atoms with Crippen molar-refractivity contribution in [3.8, 4) is 0 Å². The molecule has 1 aromatic rings. The molecule has 1 N–H and O–H groups in total. The van der Waals surface area contributed by atoms with E-state index in [0.717, 1.165) is 25.0 Å². The van der Waals surface area contributed by atoms with Gasteiger partial charge < -0.3 is 14.6 Å². The van der Waals surface area contributed by atoms with Gasteiger partial charge in [0, 0.05) is 12.2 Å². The molecular weight excluding hydrogens is 384 g/mol. The zero-order valence-electron chi connectivity index (χ0n) is 16.9. The van der Waals surface area contributed by atoms with Crippen molar-refractivity contribution >= 4 is 17.7 Å². The van der Waals surface area contributed by atoms with Crippen LogP contribution in [0.2, 0.25) is 0 Å². The highest BCUT2D eigenvalue weighted by Gasteiger charge is 2.68. The van der Waals surface area contributed by atoms with Crippen molar-refractivity contribution in [2.45, 2.75) is 75.1 Å². The van der Waals surface area contributed by atoms with Crippen LogP contribution in [0, 0.1) is 11.8 Å². The molecule has 0 aromatic heterocycles. The summed E-state index contributed by atoms with van der Waals surface area (Å²) in [6.45, 7) is 0. The number of carboxylic acids is 1. The number of hydrogen-bond donors (Lipinski definition) is 1. The first-order valence-electron chi connectivity index (χ1n) is 11.0. The van der Waals surface area contributed by atoms with Crippen LogP contribution < -0.4 is 0 Å². The van der Waals surface area contributed by atoms with E-state index in [9.17, 15) is 4.79 Å². The van der Waals surface area contributed by atoms with Gasteiger partial charge in [0.1, 0.15) is 12.2 Å². The summed E-state index contributed by atoms with van der Waals surface area (Å²) in [7, 11) is 0. The maximum absolute atomic E-state index is 10.6. The third-order valence-electron chi connectivity index (χ3n) is 6.44. The molecule has 3 aliphatic heterocycles. The molecule has 0 radical (unpaired) electrons. The van der Waals surface area contributed by atoms with Crippen LogP contribution in [0.3, 0.4) is 0 Å². The lowest BCUT2D eigenvalue weighted by Crippen LogP contribution is -2.32. The van der Waals surface area contributed by atoms with E-state index >= 15 is 0 Å². The van der Waals surface area contributed by atoms with Gasteiger partial charge in [-0.15, -0.1) is 0 Å². The van der Waals surface area contributed by atoms with Crippen LogP contribution in [0.5, 0.6) is 0 Å². The minimum atomic E-state index is -0.709. The lowest BCUT2D eigenvalue weighted by molar-refractivity contribution is -0.137. The van der Waals surface area contributed by atoms with Gasteiger partial charge in [0.2, 0.25) is 0 Å². The normalized spacial score (nSPS) is 32.0. The lowest BCUT2D eigenvalue weighted by atomic mass is 9.75. The fourth-order valence-electron chi connectivity index (χ4n) is 4.96. The number of thioether (sulfide) groups is 1. The van der Waals surface area contributed by atoms with Gasteiger partial charge in [-0.25, -0.2) is 0 Å². The topological polar surface area (TPSA) is 59.1 Å². The molecule has 4 nitrogen and oxygen atoms in total. The van der Waals surface area contributed by atoms with E-state index in [1.165, 1.54) is 30.6 Å². The molecule has 0 unspecified atom stereocenters. The van der Waals surface area contributed by atoms with Crippen LogP contribution in [-0.2, 0) is 20.0 Å². The molecule has 3 fully saturated rings. The van der Waals surface area contributed by atoms with Crippen LogP contribution in [0.15, 0.2) is 42.5 Å². The van der Waals surface area contributed by atoms with Gasteiger partial charge in [-0.3, -0.25) is 4.79 Å². The molecule has 0 saturated carbocycles. The van der Waals surface area contributed by atoms with E-state index in [0.29, 0.717) is 30.1 Å². The van der Waals surface area contributed by atoms with Gasteiger partial charge in [-0.1, -0.05) is 48.9 Å². The number of unbranched alkanes of at least 4 members (excludes halogenated alkanes) is 2. The van der Waals surface area contributed by atoms with E-state index < -0.39 is 5.97 Å². The maximum atomic E-state index is 10.6. The number of fused-ring (bicyclic) bond motifs is 5. The summed E-state index contributed by atoms with van der Waals surface area (Å²) in [5, 5.41) is 8.72. The number of allylic oxidation sites excluding steroid dienone is 2. The number of carbonyl (C=O) groups is 1. The fourth-order valence-corrected chi connectivity index (χ4v) is 5.94. The molecule has 6 atom stereocenters. The van der Waals surface area contributed by atoms with E-state index in [1.807, 2.05) is 11.8 Å². The quantitative estimate of drug-likeness (QED) is 0.276. The smallest absolute Gasteiger partial charge is 0.303 e. The molecule has 0 amide bonds. The zero-order valence-corrected chi connectivity index (χ0v) is 17.8. The molecule has 3 heterocycles. The Hall–Kier alpha value is -1.30. The molecule has 5 heteroatoms. The fraction of sp³-hybridized carbons (Fsp3) is 0.625. The molecule has 2 bridgehead atoms. The summed E-state index contributed by atoms with van der Waals surface area (Å²) < 4.78 is 12.1. The second-order valence-electron chi connectivity index (χ2n) is 8.49. The molecule has 1 aromatic carbocycles. The Kier molecular flexibility index (Phi) is 7.33. The zero-order chi connectivity index (χ0) is 20.1. The third-order valence-corrected chi connectivity index (χ3v) is 7.56. The number of hydrogen-bond acceptors (Lipinski definition) is 4. The average molecular weight is 417 g/mol. The van der Waals surface area contributed by atoms with Crippen molar-refractivity contribution in [2.24, 2.45) is 11.8 Å². The van der Waals surface area contributed by atoms with Crippen molar-refractivity contribution in [3.63, 3.8) is 0 Å². The molecule has 158 valence electrons. The van der Waals surface area contributed by atoms with E-state index in [-0.39, 0.29) is 12.5 Å². The van der Waals surface area contributed by atoms with Crippen LogP contribution in [0.1, 0.15) is 50.5 Å². The van der Waals surface area contributed by atoms with Crippen molar-refractivity contribution in [1.82, 2.24) is 0 Å². The largest absolute Gasteiger partial charge is 0.481 e. The van der Waals surface area contributed by atoms with E-state index in [1.54, 1.807) is 0 Å². The summed E-state index contributed by atoms with van der Waals surface area (Å²) in [6, 6.07) is 10.7. The van der Waals surface area contributed by atoms with Gasteiger partial charge in [-0.05, 0) is 55.3 Å². The number of rotatable bonds is 13. The van der Waals surface area contributed by atoms with Gasteiger partial charge >= 0.3 is 5.97 Å². The van der Waals surface area contributed by atoms with Crippen molar-refractivity contribution in [2.75, 3.05) is 5.75 Å². The first-order chi connectivity index (χ1) is 14.2. The SMILES string of the molecule is O=C(O)CCCC=CC[C@H]1[C@@H](CCCCSCc2ccccc2)[C@@H]2O[C@H]1[C@@H]1O[C@@H]12. The van der Waals surface area contributed by atoms with Crippen LogP contribution >= 0.6 is 11.8 Å². The predicted molar refractivity (Wildman–Crippen MR) is 116 cm³/mol. The molecule has 3 saturated heterocycles. The van der Waals surface area contributed by atoms with E-state index in [4.69, 9.17) is 14.6 Å². The Labute approximate surface area is 178 Å². The molecule has 0 aliphatic carbocycles. The summed E-state index contributed by atoms with van der Waals surface area (Å²) in [6.07, 6.45) is 12.3. The predicted octanol–water partition coefficient (Wildman–Crippen LogP) is 5.07. The first kappa shape index (κ1) is 21.0. The number of ether oxygens (including phenoxy) is 2. The monoisotopic (exact) mass is 416 g/mol. The Balaban J connectivity index is 1.16. The lowest BCUT2D eigenvalue weighted by Gasteiger charge is -2.25.